The Morgan fingerprint density at radius 3 is 2.54 bits per heavy atom. The van der Waals surface area contributed by atoms with E-state index in [0.29, 0.717) is 12.2 Å². The summed E-state index contributed by atoms with van der Waals surface area (Å²) in [7, 11) is -3.33. The SMILES string of the molecule is CCCS(=O)(=O)Nc1ccc(Nc2ccccc2OC(C)C)cn1. The maximum absolute atomic E-state index is 11.7. The Kier molecular flexibility index (Phi) is 6.03. The predicted octanol–water partition coefficient (Wildman–Crippen LogP) is 3.76. The molecular formula is C17H23N3O3S. The number of rotatable bonds is 8. The summed E-state index contributed by atoms with van der Waals surface area (Å²) in [5.74, 6) is 1.13. The molecule has 0 radical (unpaired) electrons. The van der Waals surface area contributed by atoms with Gasteiger partial charge in [-0.05, 0) is 44.5 Å². The minimum atomic E-state index is -3.33. The van der Waals surface area contributed by atoms with E-state index in [1.165, 1.54) is 0 Å². The van der Waals surface area contributed by atoms with Crippen molar-refractivity contribution in [1.29, 1.82) is 0 Å². The lowest BCUT2D eigenvalue weighted by Crippen LogP contribution is -2.16. The van der Waals surface area contributed by atoms with Crippen LogP contribution in [0.25, 0.3) is 0 Å². The number of hydrogen-bond acceptors (Lipinski definition) is 5. The number of pyridine rings is 1. The van der Waals surface area contributed by atoms with Crippen LogP contribution in [0.5, 0.6) is 5.75 Å². The van der Waals surface area contributed by atoms with Crippen LogP contribution in [0.3, 0.4) is 0 Å². The molecule has 0 fully saturated rings. The zero-order valence-corrected chi connectivity index (χ0v) is 14.9. The highest BCUT2D eigenvalue weighted by Gasteiger charge is 2.10. The summed E-state index contributed by atoms with van der Waals surface area (Å²) in [5.41, 5.74) is 1.57. The molecule has 1 aromatic heterocycles. The number of aromatic nitrogens is 1. The number of ether oxygens (including phenoxy) is 1. The van der Waals surface area contributed by atoms with Crippen LogP contribution in [-0.2, 0) is 10.0 Å². The molecule has 0 saturated heterocycles. The molecule has 0 spiro atoms. The highest BCUT2D eigenvalue weighted by atomic mass is 32.2. The first-order valence-corrected chi connectivity index (χ1v) is 9.54. The quantitative estimate of drug-likeness (QED) is 0.758. The first kappa shape index (κ1) is 18.1. The maximum Gasteiger partial charge on any atom is 0.233 e. The largest absolute Gasteiger partial charge is 0.489 e. The second kappa shape index (κ2) is 8.01. The van der Waals surface area contributed by atoms with Gasteiger partial charge in [-0.1, -0.05) is 19.1 Å². The first-order chi connectivity index (χ1) is 11.4. The van der Waals surface area contributed by atoms with Crippen molar-refractivity contribution in [3.05, 3.63) is 42.6 Å². The van der Waals surface area contributed by atoms with Crippen molar-refractivity contribution >= 4 is 27.2 Å². The molecule has 1 aromatic carbocycles. The number of anilines is 3. The maximum atomic E-state index is 11.7. The monoisotopic (exact) mass is 349 g/mol. The van der Waals surface area contributed by atoms with Crippen molar-refractivity contribution in [1.82, 2.24) is 4.98 Å². The Bertz CT molecular complexity index is 759. The third-order valence-electron chi connectivity index (χ3n) is 3.03. The van der Waals surface area contributed by atoms with Crippen LogP contribution in [0.1, 0.15) is 27.2 Å². The molecule has 6 nitrogen and oxygen atoms in total. The molecule has 0 aliphatic heterocycles. The second-order valence-corrected chi connectivity index (χ2v) is 7.48. The topological polar surface area (TPSA) is 80.3 Å². The van der Waals surface area contributed by atoms with Gasteiger partial charge in [0, 0.05) is 0 Å². The van der Waals surface area contributed by atoms with E-state index in [1.807, 2.05) is 45.0 Å². The Hall–Kier alpha value is -2.28. The minimum Gasteiger partial charge on any atom is -0.489 e. The number of nitrogens with zero attached hydrogens (tertiary/aromatic N) is 1. The number of para-hydroxylation sites is 2. The number of nitrogens with one attached hydrogen (secondary N) is 2. The fourth-order valence-corrected chi connectivity index (χ4v) is 3.17. The number of hydrogen-bond donors (Lipinski definition) is 2. The van der Waals surface area contributed by atoms with E-state index in [4.69, 9.17) is 4.74 Å². The zero-order chi connectivity index (χ0) is 17.6. The van der Waals surface area contributed by atoms with Gasteiger partial charge in [0.25, 0.3) is 0 Å². The van der Waals surface area contributed by atoms with Crippen molar-refractivity contribution < 1.29 is 13.2 Å². The van der Waals surface area contributed by atoms with E-state index in [2.05, 4.69) is 15.0 Å². The minimum absolute atomic E-state index is 0.0708. The third-order valence-corrected chi connectivity index (χ3v) is 4.49. The van der Waals surface area contributed by atoms with E-state index in [9.17, 15) is 8.42 Å². The van der Waals surface area contributed by atoms with Gasteiger partial charge < -0.3 is 10.1 Å². The lowest BCUT2D eigenvalue weighted by atomic mass is 10.2. The van der Waals surface area contributed by atoms with Crippen LogP contribution in [0.4, 0.5) is 17.2 Å². The summed E-state index contributed by atoms with van der Waals surface area (Å²) < 4.78 is 31.7. The molecule has 0 unspecified atom stereocenters. The van der Waals surface area contributed by atoms with Gasteiger partial charge in [0.2, 0.25) is 10.0 Å². The molecule has 0 saturated carbocycles. The van der Waals surface area contributed by atoms with Gasteiger partial charge in [0.05, 0.1) is 29.4 Å². The first-order valence-electron chi connectivity index (χ1n) is 7.89. The lowest BCUT2D eigenvalue weighted by molar-refractivity contribution is 0.244. The molecule has 7 heteroatoms. The molecular weight excluding hydrogens is 326 g/mol. The molecule has 2 N–H and O–H groups in total. The molecule has 0 amide bonds. The van der Waals surface area contributed by atoms with Crippen molar-refractivity contribution in [2.45, 2.75) is 33.3 Å². The Labute approximate surface area is 143 Å². The summed E-state index contributed by atoms with van der Waals surface area (Å²) in [4.78, 5) is 4.14. The van der Waals surface area contributed by atoms with E-state index < -0.39 is 10.0 Å². The molecule has 1 heterocycles. The lowest BCUT2D eigenvalue weighted by Gasteiger charge is -2.15. The van der Waals surface area contributed by atoms with Gasteiger partial charge in [0.15, 0.2) is 0 Å². The Morgan fingerprint density at radius 1 is 1.17 bits per heavy atom. The predicted molar refractivity (Wildman–Crippen MR) is 97.4 cm³/mol. The van der Waals surface area contributed by atoms with Crippen molar-refractivity contribution in [3.63, 3.8) is 0 Å². The molecule has 24 heavy (non-hydrogen) atoms. The van der Waals surface area contributed by atoms with Crippen LogP contribution in [-0.4, -0.2) is 25.3 Å². The van der Waals surface area contributed by atoms with Crippen LogP contribution in [0, 0.1) is 0 Å². The van der Waals surface area contributed by atoms with E-state index in [0.717, 1.165) is 17.1 Å². The Balaban J connectivity index is 2.10. The van der Waals surface area contributed by atoms with Crippen LogP contribution in [0.2, 0.25) is 0 Å². The standard InChI is InChI=1S/C17H23N3O3S/c1-4-11-24(21,22)20-17-10-9-14(12-18-17)19-15-7-5-6-8-16(15)23-13(2)3/h5-10,12-13,19H,4,11H2,1-3H3,(H,18,20). The fraction of sp³-hybridized carbons (Fsp3) is 0.353. The highest BCUT2D eigenvalue weighted by molar-refractivity contribution is 7.92. The van der Waals surface area contributed by atoms with Crippen LogP contribution < -0.4 is 14.8 Å². The average Bonchev–Trinajstić information content (AvgIpc) is 2.50. The Morgan fingerprint density at radius 2 is 1.92 bits per heavy atom. The number of benzene rings is 1. The molecule has 0 aliphatic carbocycles. The second-order valence-electron chi connectivity index (χ2n) is 5.64. The smallest absolute Gasteiger partial charge is 0.233 e. The van der Waals surface area contributed by atoms with E-state index >= 15 is 0 Å². The highest BCUT2D eigenvalue weighted by Crippen LogP contribution is 2.28. The summed E-state index contributed by atoms with van der Waals surface area (Å²) in [6, 6.07) is 11.0. The third kappa shape index (κ3) is 5.42. The van der Waals surface area contributed by atoms with Gasteiger partial charge in [-0.2, -0.15) is 0 Å². The molecule has 2 aromatic rings. The molecule has 130 valence electrons. The van der Waals surface area contributed by atoms with Gasteiger partial charge in [0.1, 0.15) is 11.6 Å². The number of sulfonamides is 1. The summed E-state index contributed by atoms with van der Waals surface area (Å²) in [6.45, 7) is 5.75. The molecule has 2 rings (SSSR count). The van der Waals surface area contributed by atoms with Crippen molar-refractivity contribution in [3.8, 4) is 5.75 Å². The van der Waals surface area contributed by atoms with E-state index in [-0.39, 0.29) is 11.9 Å². The zero-order valence-electron chi connectivity index (χ0n) is 14.1. The van der Waals surface area contributed by atoms with Crippen LogP contribution >= 0.6 is 0 Å². The van der Waals surface area contributed by atoms with E-state index in [1.54, 1.807) is 18.3 Å². The van der Waals surface area contributed by atoms with Gasteiger partial charge >= 0.3 is 0 Å². The molecule has 0 aliphatic rings. The normalized spacial score (nSPS) is 11.3. The van der Waals surface area contributed by atoms with Gasteiger partial charge in [-0.15, -0.1) is 0 Å². The fourth-order valence-electron chi connectivity index (χ4n) is 2.09. The average molecular weight is 349 g/mol. The van der Waals surface area contributed by atoms with Crippen LogP contribution in [0.15, 0.2) is 42.6 Å². The summed E-state index contributed by atoms with van der Waals surface area (Å²) in [5, 5.41) is 3.23. The molecule has 0 atom stereocenters. The van der Waals surface area contributed by atoms with Gasteiger partial charge in [-0.3, -0.25) is 4.72 Å². The summed E-state index contributed by atoms with van der Waals surface area (Å²) >= 11 is 0. The molecule has 0 bridgehead atoms. The van der Waals surface area contributed by atoms with Crippen molar-refractivity contribution in [2.24, 2.45) is 0 Å². The van der Waals surface area contributed by atoms with Crippen molar-refractivity contribution in [2.75, 3.05) is 15.8 Å². The summed E-state index contributed by atoms with van der Waals surface area (Å²) in [6.07, 6.45) is 2.21. The van der Waals surface area contributed by atoms with Gasteiger partial charge in [-0.25, -0.2) is 13.4 Å².